The highest BCUT2D eigenvalue weighted by Crippen LogP contribution is 2.31. The molecular formula is C28H34N4O2. The second-order valence-corrected chi connectivity index (χ2v) is 9.53. The minimum atomic E-state index is 0.508. The van der Waals surface area contributed by atoms with E-state index >= 15 is 0 Å². The normalized spacial score (nSPS) is 14.6. The van der Waals surface area contributed by atoms with Crippen LogP contribution in [0.15, 0.2) is 41.1 Å². The maximum absolute atomic E-state index is 5.53. The summed E-state index contributed by atoms with van der Waals surface area (Å²) in [5.74, 6) is 2.91. The zero-order valence-electron chi connectivity index (χ0n) is 20.6. The first-order valence-electron chi connectivity index (χ1n) is 12.4. The molecule has 1 aliphatic carbocycles. The summed E-state index contributed by atoms with van der Waals surface area (Å²) < 4.78 is 13.1. The number of aromatic nitrogens is 3. The van der Waals surface area contributed by atoms with Gasteiger partial charge in [0, 0.05) is 17.8 Å². The number of methoxy groups -OCH3 is 1. The smallest absolute Gasteiger partial charge is 0.141 e. The number of hydrogen-bond acceptors (Lipinski definition) is 5. The highest BCUT2D eigenvalue weighted by molar-refractivity contribution is 5.72. The van der Waals surface area contributed by atoms with E-state index in [-0.39, 0.29) is 0 Å². The predicted octanol–water partition coefficient (Wildman–Crippen LogP) is 6.45. The molecule has 1 saturated carbocycles. The molecule has 6 nitrogen and oxygen atoms in total. The maximum Gasteiger partial charge on any atom is 0.141 e. The van der Waals surface area contributed by atoms with Gasteiger partial charge >= 0.3 is 0 Å². The molecule has 6 heteroatoms. The van der Waals surface area contributed by atoms with Gasteiger partial charge in [0.2, 0.25) is 0 Å². The fourth-order valence-electron chi connectivity index (χ4n) is 5.19. The number of anilines is 1. The van der Waals surface area contributed by atoms with Crippen molar-refractivity contribution in [2.45, 2.75) is 71.8 Å². The van der Waals surface area contributed by atoms with Gasteiger partial charge in [0.25, 0.3) is 0 Å². The van der Waals surface area contributed by atoms with Crippen molar-refractivity contribution in [2.75, 3.05) is 12.4 Å². The van der Waals surface area contributed by atoms with E-state index in [1.54, 1.807) is 7.11 Å². The zero-order chi connectivity index (χ0) is 23.7. The Bertz CT molecular complexity index is 1280. The second-order valence-electron chi connectivity index (χ2n) is 9.53. The van der Waals surface area contributed by atoms with Gasteiger partial charge in [-0.15, -0.1) is 0 Å². The van der Waals surface area contributed by atoms with Crippen LogP contribution in [-0.2, 0) is 12.8 Å². The van der Waals surface area contributed by atoms with Gasteiger partial charge in [-0.25, -0.2) is 4.98 Å². The van der Waals surface area contributed by atoms with E-state index in [0.29, 0.717) is 6.04 Å². The Balaban J connectivity index is 1.49. The first-order valence-corrected chi connectivity index (χ1v) is 12.4. The first kappa shape index (κ1) is 22.5. The van der Waals surface area contributed by atoms with Gasteiger partial charge in [0.1, 0.15) is 23.0 Å². The van der Waals surface area contributed by atoms with Crippen LogP contribution in [0.4, 0.5) is 5.82 Å². The lowest BCUT2D eigenvalue weighted by molar-refractivity contribution is 0.393. The number of rotatable bonds is 7. The molecule has 4 aromatic rings. The fraction of sp³-hybridized carbons (Fsp3) is 0.429. The molecule has 3 aromatic heterocycles. The number of nitrogens with one attached hydrogen (secondary N) is 1. The molecule has 1 aliphatic rings. The molecule has 178 valence electrons. The number of imidazole rings is 1. The van der Waals surface area contributed by atoms with Crippen LogP contribution in [0.25, 0.3) is 16.8 Å². The van der Waals surface area contributed by atoms with Crippen molar-refractivity contribution in [3.05, 3.63) is 64.8 Å². The molecular weight excluding hydrogens is 424 g/mol. The Morgan fingerprint density at radius 1 is 1.06 bits per heavy atom. The van der Waals surface area contributed by atoms with Crippen LogP contribution < -0.4 is 10.1 Å². The van der Waals surface area contributed by atoms with Gasteiger partial charge < -0.3 is 14.6 Å². The van der Waals surface area contributed by atoms with Gasteiger partial charge in [-0.3, -0.25) is 4.40 Å². The number of benzene rings is 1. The molecule has 0 atom stereocenters. The van der Waals surface area contributed by atoms with Crippen molar-refractivity contribution >= 4 is 11.5 Å². The van der Waals surface area contributed by atoms with Crippen LogP contribution >= 0.6 is 0 Å². The highest BCUT2D eigenvalue weighted by Gasteiger charge is 2.20. The van der Waals surface area contributed by atoms with E-state index in [4.69, 9.17) is 14.2 Å². The Hall–Kier alpha value is -3.28. The van der Waals surface area contributed by atoms with Gasteiger partial charge in [-0.05, 0) is 81.3 Å². The molecule has 0 amide bonds. The van der Waals surface area contributed by atoms with Crippen molar-refractivity contribution < 1.29 is 9.26 Å². The summed E-state index contributed by atoms with van der Waals surface area (Å²) >= 11 is 0. The molecule has 0 saturated heterocycles. The van der Waals surface area contributed by atoms with Crippen LogP contribution in [0.1, 0.15) is 60.4 Å². The van der Waals surface area contributed by atoms with Crippen LogP contribution in [0, 0.1) is 20.8 Å². The fourth-order valence-corrected chi connectivity index (χ4v) is 5.19. The molecule has 5 rings (SSSR count). The van der Waals surface area contributed by atoms with Crippen LogP contribution in [-0.4, -0.2) is 27.7 Å². The minimum Gasteiger partial charge on any atom is -0.496 e. The maximum atomic E-state index is 5.53. The van der Waals surface area contributed by atoms with Gasteiger partial charge in [-0.2, -0.15) is 0 Å². The Morgan fingerprint density at radius 2 is 1.88 bits per heavy atom. The monoisotopic (exact) mass is 458 g/mol. The SMILES string of the molecule is COc1cc(CCc2nc3cc(-c4c(C)noc4C)ccn3c2NC2CCCCC2)ccc1C. The van der Waals surface area contributed by atoms with Gasteiger partial charge in [0.05, 0.1) is 18.5 Å². The van der Waals surface area contributed by atoms with E-state index in [1.807, 2.05) is 13.8 Å². The summed E-state index contributed by atoms with van der Waals surface area (Å²) in [5.41, 5.74) is 7.54. The predicted molar refractivity (Wildman–Crippen MR) is 136 cm³/mol. The van der Waals surface area contributed by atoms with E-state index in [9.17, 15) is 0 Å². The van der Waals surface area contributed by atoms with Crippen molar-refractivity contribution in [1.29, 1.82) is 0 Å². The van der Waals surface area contributed by atoms with E-state index in [0.717, 1.165) is 63.9 Å². The number of aryl methyl sites for hydroxylation is 5. The lowest BCUT2D eigenvalue weighted by Gasteiger charge is -2.24. The van der Waals surface area contributed by atoms with Crippen LogP contribution in [0.2, 0.25) is 0 Å². The third-order valence-corrected chi connectivity index (χ3v) is 7.09. The van der Waals surface area contributed by atoms with E-state index in [2.05, 4.69) is 58.3 Å². The molecule has 1 N–H and O–H groups in total. The summed E-state index contributed by atoms with van der Waals surface area (Å²) in [6, 6.07) is 11.3. The molecule has 0 radical (unpaired) electrons. The highest BCUT2D eigenvalue weighted by atomic mass is 16.5. The summed E-state index contributed by atoms with van der Waals surface area (Å²) in [6.07, 6.45) is 10.3. The molecule has 0 aliphatic heterocycles. The molecule has 34 heavy (non-hydrogen) atoms. The summed E-state index contributed by atoms with van der Waals surface area (Å²) in [6.45, 7) is 6.02. The summed E-state index contributed by atoms with van der Waals surface area (Å²) in [4.78, 5) is 5.10. The first-order chi connectivity index (χ1) is 16.5. The lowest BCUT2D eigenvalue weighted by atomic mass is 9.95. The van der Waals surface area contributed by atoms with E-state index in [1.165, 1.54) is 37.7 Å². The van der Waals surface area contributed by atoms with Crippen molar-refractivity contribution in [2.24, 2.45) is 0 Å². The third kappa shape index (κ3) is 4.41. The third-order valence-electron chi connectivity index (χ3n) is 7.09. The molecule has 1 aromatic carbocycles. The Kier molecular flexibility index (Phi) is 6.31. The standard InChI is InChI=1S/C28H34N4O2/c1-18-10-11-21(16-25(18)33-4)12-13-24-28(29-23-8-6-5-7-9-23)32-15-14-22(17-26(32)30-24)27-19(2)31-34-20(27)3/h10-11,14-17,23,29H,5-9,12-13H2,1-4H3. The Labute approximate surface area is 201 Å². The van der Waals surface area contributed by atoms with E-state index < -0.39 is 0 Å². The zero-order valence-corrected chi connectivity index (χ0v) is 20.6. The second kappa shape index (κ2) is 9.53. The number of nitrogens with zero attached hydrogens (tertiary/aromatic N) is 3. The molecule has 1 fully saturated rings. The quantitative estimate of drug-likeness (QED) is 0.345. The van der Waals surface area contributed by atoms with Gasteiger partial charge in [-0.1, -0.05) is 36.6 Å². The number of ether oxygens (including phenoxy) is 1. The Morgan fingerprint density at radius 3 is 2.62 bits per heavy atom. The lowest BCUT2D eigenvalue weighted by Crippen LogP contribution is -2.23. The summed E-state index contributed by atoms with van der Waals surface area (Å²) in [5, 5.41) is 7.99. The van der Waals surface area contributed by atoms with Crippen molar-refractivity contribution in [1.82, 2.24) is 14.5 Å². The topological polar surface area (TPSA) is 64.6 Å². The average molecular weight is 459 g/mol. The number of pyridine rings is 1. The molecule has 0 bridgehead atoms. The number of hydrogen-bond donors (Lipinski definition) is 1. The minimum absolute atomic E-state index is 0.508. The van der Waals surface area contributed by atoms with Crippen molar-refractivity contribution in [3.8, 4) is 16.9 Å². The summed E-state index contributed by atoms with van der Waals surface area (Å²) in [7, 11) is 1.73. The average Bonchev–Trinajstić information content (AvgIpc) is 3.37. The van der Waals surface area contributed by atoms with Crippen molar-refractivity contribution in [3.63, 3.8) is 0 Å². The molecule has 0 unspecified atom stereocenters. The van der Waals surface area contributed by atoms with Crippen LogP contribution in [0.3, 0.4) is 0 Å². The van der Waals surface area contributed by atoms with Crippen LogP contribution in [0.5, 0.6) is 5.75 Å². The number of fused-ring (bicyclic) bond motifs is 1. The largest absolute Gasteiger partial charge is 0.496 e. The van der Waals surface area contributed by atoms with Gasteiger partial charge in [0.15, 0.2) is 0 Å². The molecule has 3 heterocycles. The molecule has 0 spiro atoms.